The maximum absolute atomic E-state index is 12.9. The molecule has 0 radical (unpaired) electrons. The Morgan fingerprint density at radius 1 is 1.26 bits per heavy atom. The van der Waals surface area contributed by atoms with Gasteiger partial charge in [-0.3, -0.25) is 4.79 Å². The van der Waals surface area contributed by atoms with Crippen LogP contribution in [-0.4, -0.2) is 17.3 Å². The average molecular weight is 284 g/mol. The second-order valence-corrected chi connectivity index (χ2v) is 3.43. The number of halogens is 6. The van der Waals surface area contributed by atoms with Crippen LogP contribution >= 0.6 is 0 Å². The monoisotopic (exact) mass is 284 g/mol. The van der Waals surface area contributed by atoms with Crippen LogP contribution in [0.4, 0.5) is 26.3 Å². The van der Waals surface area contributed by atoms with Crippen LogP contribution in [0.1, 0.15) is 11.1 Å². The summed E-state index contributed by atoms with van der Waals surface area (Å²) in [6, 6.07) is 1.37. The summed E-state index contributed by atoms with van der Waals surface area (Å²) in [6.45, 7) is 0. The van der Waals surface area contributed by atoms with Gasteiger partial charge in [0, 0.05) is 11.6 Å². The van der Waals surface area contributed by atoms with Gasteiger partial charge in [0.05, 0.1) is 5.56 Å². The highest BCUT2D eigenvalue weighted by molar-refractivity contribution is 5.97. The van der Waals surface area contributed by atoms with E-state index in [0.717, 1.165) is 6.07 Å². The normalized spacial score (nSPS) is 12.9. The molecule has 0 atom stereocenters. The summed E-state index contributed by atoms with van der Waals surface area (Å²) in [5, 5.41) is 9.24. The average Bonchev–Trinajstić information content (AvgIpc) is 2.27. The largest absolute Gasteiger partial charge is 0.507 e. The number of aliphatic hydroxyl groups excluding tert-OH is 1. The van der Waals surface area contributed by atoms with Crippen molar-refractivity contribution in [2.75, 3.05) is 0 Å². The summed E-state index contributed by atoms with van der Waals surface area (Å²) in [6.07, 6.45) is -8.32. The van der Waals surface area contributed by atoms with Crippen LogP contribution in [0.3, 0.4) is 0 Å². The van der Waals surface area contributed by atoms with E-state index in [1.807, 2.05) is 0 Å². The van der Waals surface area contributed by atoms with Gasteiger partial charge in [-0.05, 0) is 18.2 Å². The van der Waals surface area contributed by atoms with Gasteiger partial charge >= 0.3 is 6.18 Å². The molecule has 0 spiro atoms. The number of allylic oxidation sites excluding steroid dienone is 1. The first kappa shape index (κ1) is 15.1. The molecule has 0 amide bonds. The molecule has 0 aliphatic carbocycles. The van der Waals surface area contributed by atoms with Gasteiger partial charge in [0.2, 0.25) is 5.78 Å². The molecule has 0 heterocycles. The van der Waals surface area contributed by atoms with Crippen LogP contribution in [0.5, 0.6) is 0 Å². The molecule has 0 fully saturated rings. The first-order chi connectivity index (χ1) is 8.62. The zero-order valence-electron chi connectivity index (χ0n) is 9.01. The van der Waals surface area contributed by atoms with E-state index in [9.17, 15) is 36.2 Å². The first-order valence-electron chi connectivity index (χ1n) is 4.72. The van der Waals surface area contributed by atoms with Crippen molar-refractivity contribution >= 4 is 11.5 Å². The highest BCUT2D eigenvalue weighted by atomic mass is 19.4. The maximum atomic E-state index is 12.9. The van der Waals surface area contributed by atoms with Gasteiger partial charge in [0.15, 0.2) is 0 Å². The van der Waals surface area contributed by atoms with E-state index in [2.05, 4.69) is 0 Å². The molecule has 0 aliphatic rings. The van der Waals surface area contributed by atoms with E-state index in [0.29, 0.717) is 6.07 Å². The third-order valence-corrected chi connectivity index (χ3v) is 2.06. The lowest BCUT2D eigenvalue weighted by atomic mass is 10.1. The highest BCUT2D eigenvalue weighted by Gasteiger charge is 2.34. The van der Waals surface area contributed by atoms with Gasteiger partial charge in [0.25, 0.3) is 6.43 Å². The molecule has 104 valence electrons. The Morgan fingerprint density at radius 3 is 2.32 bits per heavy atom. The van der Waals surface area contributed by atoms with E-state index in [-0.39, 0.29) is 12.1 Å². The standard InChI is InChI=1S/C11H6F6O2/c12-7-2-1-5(3-6(7)11(15,16)17)8(18)4-9(19)10(13)14/h1-4,10,18H/b8-4-. The fraction of sp³-hybridized carbons (Fsp3) is 0.182. The molecule has 19 heavy (non-hydrogen) atoms. The van der Waals surface area contributed by atoms with Crippen molar-refractivity contribution in [3.63, 3.8) is 0 Å². The van der Waals surface area contributed by atoms with Gasteiger partial charge in [-0.2, -0.15) is 13.2 Å². The van der Waals surface area contributed by atoms with Crippen molar-refractivity contribution in [3.05, 3.63) is 41.2 Å². The van der Waals surface area contributed by atoms with Crippen LogP contribution in [0.25, 0.3) is 5.76 Å². The zero-order chi connectivity index (χ0) is 14.8. The van der Waals surface area contributed by atoms with E-state index < -0.39 is 41.1 Å². The number of hydrogen-bond donors (Lipinski definition) is 1. The van der Waals surface area contributed by atoms with Crippen LogP contribution in [0.15, 0.2) is 24.3 Å². The van der Waals surface area contributed by atoms with Crippen LogP contribution in [0.2, 0.25) is 0 Å². The lowest BCUT2D eigenvalue weighted by Gasteiger charge is -2.09. The second-order valence-electron chi connectivity index (χ2n) is 3.43. The number of carbonyl (C=O) groups excluding carboxylic acids is 1. The molecule has 0 aromatic heterocycles. The minimum absolute atomic E-state index is 0.0814. The van der Waals surface area contributed by atoms with Gasteiger partial charge in [-0.1, -0.05) is 0 Å². The summed E-state index contributed by atoms with van der Waals surface area (Å²) >= 11 is 0. The number of aliphatic hydroxyl groups is 1. The molecule has 0 saturated carbocycles. The van der Waals surface area contributed by atoms with Crippen molar-refractivity contribution in [2.45, 2.75) is 12.6 Å². The van der Waals surface area contributed by atoms with Crippen LogP contribution in [-0.2, 0) is 11.0 Å². The number of hydrogen-bond acceptors (Lipinski definition) is 2. The number of alkyl halides is 5. The minimum atomic E-state index is -5.01. The van der Waals surface area contributed by atoms with Gasteiger partial charge in [-0.15, -0.1) is 0 Å². The lowest BCUT2D eigenvalue weighted by molar-refractivity contribution is -0.140. The Hall–Kier alpha value is -1.99. The van der Waals surface area contributed by atoms with E-state index in [1.165, 1.54) is 0 Å². The van der Waals surface area contributed by atoms with Gasteiger partial charge in [0.1, 0.15) is 11.6 Å². The fourth-order valence-corrected chi connectivity index (χ4v) is 1.18. The van der Waals surface area contributed by atoms with Crippen molar-refractivity contribution < 1.29 is 36.2 Å². The molecular formula is C11H6F6O2. The van der Waals surface area contributed by atoms with Gasteiger partial charge < -0.3 is 5.11 Å². The van der Waals surface area contributed by atoms with Crippen molar-refractivity contribution in [1.82, 2.24) is 0 Å². The number of carbonyl (C=O) groups is 1. The Morgan fingerprint density at radius 2 is 1.84 bits per heavy atom. The topological polar surface area (TPSA) is 37.3 Å². The Balaban J connectivity index is 3.20. The Bertz CT molecular complexity index is 518. The third-order valence-electron chi connectivity index (χ3n) is 2.06. The van der Waals surface area contributed by atoms with Crippen LogP contribution < -0.4 is 0 Å². The molecule has 8 heteroatoms. The molecule has 0 bridgehead atoms. The van der Waals surface area contributed by atoms with E-state index >= 15 is 0 Å². The smallest absolute Gasteiger partial charge is 0.419 e. The predicted octanol–water partition coefficient (Wildman–Crippen LogP) is 3.58. The van der Waals surface area contributed by atoms with Crippen molar-refractivity contribution in [2.24, 2.45) is 0 Å². The predicted molar refractivity (Wildman–Crippen MR) is 53.0 cm³/mol. The Kier molecular flexibility index (Phi) is 4.23. The van der Waals surface area contributed by atoms with E-state index in [1.54, 1.807) is 0 Å². The molecule has 0 aliphatic heterocycles. The number of rotatable bonds is 3. The summed E-state index contributed by atoms with van der Waals surface area (Å²) in [5.41, 5.74) is -2.27. The molecule has 1 N–H and O–H groups in total. The SMILES string of the molecule is O=C(/C=C(\O)c1ccc(F)c(C(F)(F)F)c1)C(F)F. The van der Waals surface area contributed by atoms with E-state index in [4.69, 9.17) is 0 Å². The molecule has 0 saturated heterocycles. The summed E-state index contributed by atoms with van der Waals surface area (Å²) in [4.78, 5) is 10.6. The summed E-state index contributed by atoms with van der Waals surface area (Å²) in [7, 11) is 0. The van der Waals surface area contributed by atoms with Gasteiger partial charge in [-0.25, -0.2) is 13.2 Å². The third kappa shape index (κ3) is 3.73. The highest BCUT2D eigenvalue weighted by Crippen LogP contribution is 2.32. The molecule has 1 aromatic rings. The molecular weight excluding hydrogens is 278 g/mol. The molecule has 0 unspecified atom stereocenters. The quantitative estimate of drug-likeness (QED) is 0.523. The second kappa shape index (κ2) is 5.33. The van der Waals surface area contributed by atoms with Crippen molar-refractivity contribution in [1.29, 1.82) is 0 Å². The molecule has 1 aromatic carbocycles. The zero-order valence-corrected chi connectivity index (χ0v) is 9.01. The number of benzene rings is 1. The lowest BCUT2D eigenvalue weighted by Crippen LogP contribution is -2.09. The number of ketones is 1. The molecule has 1 rings (SSSR count). The summed E-state index contributed by atoms with van der Waals surface area (Å²) < 4.78 is 73.8. The minimum Gasteiger partial charge on any atom is -0.507 e. The maximum Gasteiger partial charge on any atom is 0.419 e. The van der Waals surface area contributed by atoms with Crippen molar-refractivity contribution in [3.8, 4) is 0 Å². The fourth-order valence-electron chi connectivity index (χ4n) is 1.18. The first-order valence-corrected chi connectivity index (χ1v) is 4.72. The Labute approximate surface area is 103 Å². The molecule has 2 nitrogen and oxygen atoms in total. The summed E-state index contributed by atoms with van der Waals surface area (Å²) in [5.74, 6) is -4.45. The van der Waals surface area contributed by atoms with Crippen LogP contribution in [0, 0.1) is 5.82 Å².